The number of amides is 1. The van der Waals surface area contributed by atoms with Gasteiger partial charge in [0.1, 0.15) is 0 Å². The molecule has 0 unspecified atom stereocenters. The first kappa shape index (κ1) is 15.7. The van der Waals surface area contributed by atoms with E-state index in [0.717, 1.165) is 5.56 Å². The summed E-state index contributed by atoms with van der Waals surface area (Å²) in [5.41, 5.74) is 2.81. The fourth-order valence-electron chi connectivity index (χ4n) is 2.16. The standard InChI is InChI=1S/C18H11ClN4O/c19-16-2-1-12(11-20)9-15(16)18(24)23-14-5-8-22-17(10-14)13-3-6-21-7-4-13/h1-10H,(H,22,23,24). The summed E-state index contributed by atoms with van der Waals surface area (Å²) in [6.45, 7) is 0. The normalized spacial score (nSPS) is 10.0. The first-order valence-corrected chi connectivity index (χ1v) is 7.42. The van der Waals surface area contributed by atoms with Crippen LogP contribution in [0, 0.1) is 11.3 Å². The lowest BCUT2D eigenvalue weighted by molar-refractivity contribution is 0.102. The van der Waals surface area contributed by atoms with Crippen LogP contribution in [0.25, 0.3) is 11.3 Å². The third-order valence-corrected chi connectivity index (χ3v) is 3.66. The molecule has 116 valence electrons. The molecular formula is C18H11ClN4O. The molecule has 0 radical (unpaired) electrons. The largest absolute Gasteiger partial charge is 0.322 e. The lowest BCUT2D eigenvalue weighted by atomic mass is 10.1. The van der Waals surface area contributed by atoms with Crippen molar-refractivity contribution < 1.29 is 4.79 Å². The van der Waals surface area contributed by atoms with Gasteiger partial charge in [-0.2, -0.15) is 5.26 Å². The van der Waals surface area contributed by atoms with Gasteiger partial charge in [0.15, 0.2) is 0 Å². The highest BCUT2D eigenvalue weighted by Gasteiger charge is 2.12. The van der Waals surface area contributed by atoms with E-state index in [1.807, 2.05) is 18.2 Å². The Morgan fingerprint density at radius 1 is 1.08 bits per heavy atom. The molecule has 0 saturated carbocycles. The first-order valence-electron chi connectivity index (χ1n) is 7.05. The van der Waals surface area contributed by atoms with Gasteiger partial charge in [-0.1, -0.05) is 11.6 Å². The van der Waals surface area contributed by atoms with E-state index in [1.165, 1.54) is 12.1 Å². The zero-order valence-electron chi connectivity index (χ0n) is 12.4. The van der Waals surface area contributed by atoms with Crippen molar-refractivity contribution >= 4 is 23.2 Å². The molecule has 0 saturated heterocycles. The average molecular weight is 335 g/mol. The highest BCUT2D eigenvalue weighted by Crippen LogP contribution is 2.22. The average Bonchev–Trinajstić information content (AvgIpc) is 2.63. The summed E-state index contributed by atoms with van der Waals surface area (Å²) >= 11 is 6.05. The van der Waals surface area contributed by atoms with Crippen LogP contribution < -0.4 is 5.32 Å². The third-order valence-electron chi connectivity index (χ3n) is 3.33. The Bertz CT molecular complexity index is 935. The molecule has 0 aliphatic carbocycles. The number of carbonyl (C=O) groups is 1. The van der Waals surface area contributed by atoms with Crippen molar-refractivity contribution in [3.63, 3.8) is 0 Å². The van der Waals surface area contributed by atoms with Gasteiger partial charge in [-0.25, -0.2) is 0 Å². The molecule has 1 aromatic carbocycles. The van der Waals surface area contributed by atoms with Gasteiger partial charge in [-0.05, 0) is 42.5 Å². The van der Waals surface area contributed by atoms with Crippen molar-refractivity contribution in [2.75, 3.05) is 5.32 Å². The van der Waals surface area contributed by atoms with Crippen LogP contribution in [0.1, 0.15) is 15.9 Å². The molecule has 0 bridgehead atoms. The summed E-state index contributed by atoms with van der Waals surface area (Å²) < 4.78 is 0. The Balaban J connectivity index is 1.87. The fraction of sp³-hybridized carbons (Fsp3) is 0. The maximum atomic E-state index is 12.4. The van der Waals surface area contributed by atoms with E-state index in [-0.39, 0.29) is 16.5 Å². The van der Waals surface area contributed by atoms with Gasteiger partial charge in [0, 0.05) is 29.8 Å². The zero-order chi connectivity index (χ0) is 16.9. The van der Waals surface area contributed by atoms with Gasteiger partial charge >= 0.3 is 0 Å². The Hall–Kier alpha value is -3.23. The highest BCUT2D eigenvalue weighted by atomic mass is 35.5. The van der Waals surface area contributed by atoms with Crippen LogP contribution in [-0.2, 0) is 0 Å². The first-order chi connectivity index (χ1) is 11.7. The van der Waals surface area contributed by atoms with Crippen LogP contribution in [0.3, 0.4) is 0 Å². The van der Waals surface area contributed by atoms with Crippen LogP contribution in [0.5, 0.6) is 0 Å². The van der Waals surface area contributed by atoms with Crippen LogP contribution in [0.2, 0.25) is 5.02 Å². The van der Waals surface area contributed by atoms with Crippen molar-refractivity contribution in [2.24, 2.45) is 0 Å². The van der Waals surface area contributed by atoms with Gasteiger partial charge in [-0.3, -0.25) is 14.8 Å². The maximum Gasteiger partial charge on any atom is 0.257 e. The third kappa shape index (κ3) is 3.40. The van der Waals surface area contributed by atoms with Crippen molar-refractivity contribution in [1.29, 1.82) is 5.26 Å². The number of nitriles is 1. The zero-order valence-corrected chi connectivity index (χ0v) is 13.2. The second kappa shape index (κ2) is 6.90. The molecule has 6 heteroatoms. The number of rotatable bonds is 3. The van der Waals surface area contributed by atoms with Crippen LogP contribution in [0.4, 0.5) is 5.69 Å². The number of nitrogens with one attached hydrogen (secondary N) is 1. The molecular weight excluding hydrogens is 324 g/mol. The Morgan fingerprint density at radius 3 is 2.62 bits per heavy atom. The Morgan fingerprint density at radius 2 is 1.88 bits per heavy atom. The minimum Gasteiger partial charge on any atom is -0.322 e. The molecule has 0 aliphatic rings. The summed E-state index contributed by atoms with van der Waals surface area (Å²) in [7, 11) is 0. The molecule has 3 aromatic rings. The molecule has 5 nitrogen and oxygen atoms in total. The number of hydrogen-bond donors (Lipinski definition) is 1. The minimum absolute atomic E-state index is 0.248. The number of hydrogen-bond acceptors (Lipinski definition) is 4. The van der Waals surface area contributed by atoms with E-state index in [2.05, 4.69) is 15.3 Å². The lowest BCUT2D eigenvalue weighted by Crippen LogP contribution is -2.13. The summed E-state index contributed by atoms with van der Waals surface area (Å²) in [5, 5.41) is 12.0. The van der Waals surface area contributed by atoms with E-state index in [9.17, 15) is 4.79 Å². The summed E-state index contributed by atoms with van der Waals surface area (Å²) in [5.74, 6) is -0.385. The molecule has 2 aromatic heterocycles. The van der Waals surface area contributed by atoms with E-state index < -0.39 is 0 Å². The van der Waals surface area contributed by atoms with Crippen molar-refractivity contribution in [3.05, 3.63) is 77.2 Å². The maximum absolute atomic E-state index is 12.4. The molecule has 0 fully saturated rings. The van der Waals surface area contributed by atoms with Crippen LogP contribution in [0.15, 0.2) is 61.1 Å². The van der Waals surface area contributed by atoms with Gasteiger partial charge in [0.2, 0.25) is 0 Å². The van der Waals surface area contributed by atoms with Gasteiger partial charge < -0.3 is 5.32 Å². The van der Waals surface area contributed by atoms with Crippen molar-refractivity contribution in [3.8, 4) is 17.3 Å². The predicted octanol–water partition coefficient (Wildman–Crippen LogP) is 3.92. The van der Waals surface area contributed by atoms with E-state index in [1.54, 1.807) is 36.8 Å². The molecule has 2 heterocycles. The number of aromatic nitrogens is 2. The minimum atomic E-state index is -0.385. The number of benzene rings is 1. The topological polar surface area (TPSA) is 78.7 Å². The number of pyridine rings is 2. The monoisotopic (exact) mass is 334 g/mol. The van der Waals surface area contributed by atoms with Gasteiger partial charge in [0.25, 0.3) is 5.91 Å². The quantitative estimate of drug-likeness (QED) is 0.787. The summed E-state index contributed by atoms with van der Waals surface area (Å²) in [6.07, 6.45) is 4.96. The number of carbonyl (C=O) groups excluding carboxylic acids is 1. The summed E-state index contributed by atoms with van der Waals surface area (Å²) in [4.78, 5) is 20.7. The van der Waals surface area contributed by atoms with Gasteiger partial charge in [0.05, 0.1) is 27.9 Å². The SMILES string of the molecule is N#Cc1ccc(Cl)c(C(=O)Nc2ccnc(-c3ccncc3)c2)c1. The summed E-state index contributed by atoms with van der Waals surface area (Å²) in [6, 6.07) is 13.7. The number of halogens is 1. The molecule has 1 N–H and O–H groups in total. The second-order valence-corrected chi connectivity index (χ2v) is 5.33. The molecule has 24 heavy (non-hydrogen) atoms. The molecule has 0 aliphatic heterocycles. The molecule has 0 atom stereocenters. The predicted molar refractivity (Wildman–Crippen MR) is 91.6 cm³/mol. The number of anilines is 1. The van der Waals surface area contributed by atoms with E-state index in [0.29, 0.717) is 16.9 Å². The van der Waals surface area contributed by atoms with Gasteiger partial charge in [-0.15, -0.1) is 0 Å². The van der Waals surface area contributed by atoms with E-state index in [4.69, 9.17) is 16.9 Å². The van der Waals surface area contributed by atoms with E-state index >= 15 is 0 Å². The fourth-order valence-corrected chi connectivity index (χ4v) is 2.36. The molecule has 1 amide bonds. The smallest absolute Gasteiger partial charge is 0.257 e. The van der Waals surface area contributed by atoms with Crippen molar-refractivity contribution in [1.82, 2.24) is 9.97 Å². The Labute approximate surface area is 143 Å². The van der Waals surface area contributed by atoms with Crippen LogP contribution >= 0.6 is 11.6 Å². The second-order valence-electron chi connectivity index (χ2n) is 4.93. The Kier molecular flexibility index (Phi) is 4.50. The number of nitrogens with zero attached hydrogens (tertiary/aromatic N) is 3. The molecule has 3 rings (SSSR count). The highest BCUT2D eigenvalue weighted by molar-refractivity contribution is 6.34. The lowest BCUT2D eigenvalue weighted by Gasteiger charge is -2.08. The van der Waals surface area contributed by atoms with Crippen LogP contribution in [-0.4, -0.2) is 15.9 Å². The van der Waals surface area contributed by atoms with Crippen molar-refractivity contribution in [2.45, 2.75) is 0 Å². The molecule has 0 spiro atoms.